The minimum Gasteiger partial charge on any atom is -0.297 e. The summed E-state index contributed by atoms with van der Waals surface area (Å²) in [5.74, 6) is -0.241. The van der Waals surface area contributed by atoms with E-state index < -0.39 is 5.92 Å². The Labute approximate surface area is 150 Å². The number of nitrogens with zero attached hydrogens (tertiary/aromatic N) is 5. The van der Waals surface area contributed by atoms with Crippen LogP contribution in [0.15, 0.2) is 34.8 Å². The molecular formula is C16H12N6OS2. The maximum Gasteiger partial charge on any atom is 0.231 e. The molecule has 3 aromatic heterocycles. The predicted octanol–water partition coefficient (Wildman–Crippen LogP) is 2.94. The van der Waals surface area contributed by atoms with Crippen LogP contribution in [0.4, 0.5) is 0 Å². The van der Waals surface area contributed by atoms with Crippen molar-refractivity contribution < 1.29 is 4.79 Å². The number of thiazole rings is 1. The maximum absolute atomic E-state index is 12.5. The van der Waals surface area contributed by atoms with Crippen LogP contribution < -0.4 is 0 Å². The summed E-state index contributed by atoms with van der Waals surface area (Å²) in [5, 5.41) is 19.5. The summed E-state index contributed by atoms with van der Waals surface area (Å²) < 4.78 is 1.88. The molecule has 9 heteroatoms. The van der Waals surface area contributed by atoms with Crippen molar-refractivity contribution >= 4 is 45.7 Å². The van der Waals surface area contributed by atoms with E-state index in [1.54, 1.807) is 0 Å². The van der Waals surface area contributed by atoms with E-state index in [1.165, 1.54) is 23.1 Å². The Bertz CT molecular complexity index is 1120. The predicted molar refractivity (Wildman–Crippen MR) is 95.8 cm³/mol. The quantitative estimate of drug-likeness (QED) is 0.544. The standard InChI is InChI=1S/C16H12N6OS2/c1-9-7-24-14(18-9)10(6-17)13(23)8-25-16-21-20-15-19-11-4-2-3-5-12(11)22(15)16/h2-5,7,10H,8H2,1H3,(H,19,20). The molecule has 1 atom stereocenters. The number of hydrogen-bond acceptors (Lipinski definition) is 7. The Morgan fingerprint density at radius 2 is 2.28 bits per heavy atom. The number of carbonyl (C=O) groups is 1. The first-order chi connectivity index (χ1) is 12.2. The molecule has 0 aliphatic carbocycles. The Hall–Kier alpha value is -2.70. The highest BCUT2D eigenvalue weighted by molar-refractivity contribution is 7.99. The highest BCUT2D eigenvalue weighted by atomic mass is 32.2. The molecule has 0 spiro atoms. The first-order valence-electron chi connectivity index (χ1n) is 7.46. The molecule has 0 fully saturated rings. The maximum atomic E-state index is 12.5. The van der Waals surface area contributed by atoms with E-state index in [9.17, 15) is 10.1 Å². The average Bonchev–Trinajstić information content (AvgIpc) is 3.29. The zero-order chi connectivity index (χ0) is 17.4. The van der Waals surface area contributed by atoms with Gasteiger partial charge < -0.3 is 0 Å². The van der Waals surface area contributed by atoms with Gasteiger partial charge in [0.25, 0.3) is 0 Å². The van der Waals surface area contributed by atoms with E-state index in [-0.39, 0.29) is 11.5 Å². The molecule has 25 heavy (non-hydrogen) atoms. The van der Waals surface area contributed by atoms with Gasteiger partial charge in [-0.25, -0.2) is 15.1 Å². The number of para-hydroxylation sites is 2. The lowest BCUT2D eigenvalue weighted by atomic mass is 10.1. The van der Waals surface area contributed by atoms with Gasteiger partial charge in [0.2, 0.25) is 5.78 Å². The highest BCUT2D eigenvalue weighted by Crippen LogP contribution is 2.26. The second-order valence-electron chi connectivity index (χ2n) is 5.41. The van der Waals surface area contributed by atoms with Crippen molar-refractivity contribution in [3.63, 3.8) is 0 Å². The van der Waals surface area contributed by atoms with Gasteiger partial charge >= 0.3 is 0 Å². The summed E-state index contributed by atoms with van der Waals surface area (Å²) in [7, 11) is 0. The smallest absolute Gasteiger partial charge is 0.231 e. The second kappa shape index (κ2) is 6.31. The number of ketones is 1. The van der Waals surface area contributed by atoms with Crippen molar-refractivity contribution in [2.45, 2.75) is 18.0 Å². The van der Waals surface area contributed by atoms with Crippen LogP contribution in [-0.2, 0) is 4.79 Å². The van der Waals surface area contributed by atoms with E-state index in [0.717, 1.165) is 16.7 Å². The molecule has 1 unspecified atom stereocenters. The van der Waals surface area contributed by atoms with E-state index in [4.69, 9.17) is 0 Å². The minimum absolute atomic E-state index is 0.142. The van der Waals surface area contributed by atoms with E-state index >= 15 is 0 Å². The number of fused-ring (bicyclic) bond motifs is 3. The number of aromatic nitrogens is 5. The number of benzene rings is 1. The number of Topliss-reactive ketones (excluding diaryl/α,β-unsaturated/α-hetero) is 1. The van der Waals surface area contributed by atoms with Crippen LogP contribution in [-0.4, -0.2) is 36.1 Å². The number of imidazole rings is 1. The van der Waals surface area contributed by atoms with Crippen molar-refractivity contribution in [3.8, 4) is 6.07 Å². The molecule has 7 nitrogen and oxygen atoms in total. The summed E-state index contributed by atoms with van der Waals surface area (Å²) in [6.07, 6.45) is 0. The minimum atomic E-state index is -0.833. The van der Waals surface area contributed by atoms with Crippen molar-refractivity contribution in [1.29, 1.82) is 5.26 Å². The molecule has 3 heterocycles. The van der Waals surface area contributed by atoms with Crippen molar-refractivity contribution in [2.75, 3.05) is 5.75 Å². The van der Waals surface area contributed by atoms with Crippen LogP contribution >= 0.6 is 23.1 Å². The van der Waals surface area contributed by atoms with Gasteiger partial charge in [0.1, 0.15) is 5.01 Å². The van der Waals surface area contributed by atoms with Gasteiger partial charge in [-0.1, -0.05) is 23.9 Å². The van der Waals surface area contributed by atoms with E-state index in [0.29, 0.717) is 15.9 Å². The van der Waals surface area contributed by atoms with Gasteiger partial charge in [-0.15, -0.1) is 16.4 Å². The zero-order valence-corrected chi connectivity index (χ0v) is 14.8. The van der Waals surface area contributed by atoms with Gasteiger partial charge in [-0.2, -0.15) is 5.26 Å². The molecule has 1 N–H and O–H groups in total. The average molecular weight is 368 g/mol. The van der Waals surface area contributed by atoms with Gasteiger partial charge in [0.15, 0.2) is 16.9 Å². The third-order valence-electron chi connectivity index (χ3n) is 3.68. The van der Waals surface area contributed by atoms with Crippen LogP contribution in [0.1, 0.15) is 16.6 Å². The fraction of sp³-hybridized carbons (Fsp3) is 0.188. The Balaban J connectivity index is 1.58. The van der Waals surface area contributed by atoms with Crippen molar-refractivity contribution in [2.24, 2.45) is 0 Å². The molecular weight excluding hydrogens is 356 g/mol. The Morgan fingerprint density at radius 1 is 1.44 bits per heavy atom. The number of thioether (sulfide) groups is 1. The largest absolute Gasteiger partial charge is 0.297 e. The SMILES string of the molecule is Cc1csc(C(C#N)C(=O)CSc2n[nH]c3nc4ccccc4n23)n1. The van der Waals surface area contributed by atoms with E-state index in [1.807, 2.05) is 41.0 Å². The summed E-state index contributed by atoms with van der Waals surface area (Å²) in [6.45, 7) is 1.85. The summed E-state index contributed by atoms with van der Waals surface area (Å²) in [5.41, 5.74) is 2.60. The summed E-state index contributed by atoms with van der Waals surface area (Å²) >= 11 is 2.63. The number of H-pyrrole nitrogens is 1. The molecule has 0 saturated carbocycles. The van der Waals surface area contributed by atoms with Gasteiger partial charge in [-0.05, 0) is 19.1 Å². The van der Waals surface area contributed by atoms with Crippen LogP contribution in [0, 0.1) is 18.3 Å². The lowest BCUT2D eigenvalue weighted by Gasteiger charge is -2.04. The van der Waals surface area contributed by atoms with Crippen LogP contribution in [0.25, 0.3) is 16.8 Å². The summed E-state index contributed by atoms with van der Waals surface area (Å²) in [6, 6.07) is 9.79. The van der Waals surface area contributed by atoms with E-state index in [2.05, 4.69) is 26.2 Å². The first kappa shape index (κ1) is 15.8. The third kappa shape index (κ3) is 2.79. The zero-order valence-electron chi connectivity index (χ0n) is 13.1. The topological polar surface area (TPSA) is 99.7 Å². The molecule has 4 rings (SSSR count). The summed E-state index contributed by atoms with van der Waals surface area (Å²) in [4.78, 5) is 21.2. The molecule has 0 aliphatic heterocycles. The van der Waals surface area contributed by atoms with Crippen LogP contribution in [0.2, 0.25) is 0 Å². The normalized spacial score (nSPS) is 12.5. The molecule has 1 aromatic carbocycles. The number of rotatable bonds is 5. The Kier molecular flexibility index (Phi) is 3.99. The van der Waals surface area contributed by atoms with Crippen molar-refractivity contribution in [3.05, 3.63) is 40.3 Å². The molecule has 4 aromatic rings. The highest BCUT2D eigenvalue weighted by Gasteiger charge is 2.24. The fourth-order valence-electron chi connectivity index (χ4n) is 2.53. The lowest BCUT2D eigenvalue weighted by molar-refractivity contribution is -0.116. The second-order valence-corrected chi connectivity index (χ2v) is 7.24. The van der Waals surface area contributed by atoms with Gasteiger partial charge in [0.05, 0.1) is 22.9 Å². The molecule has 0 saturated heterocycles. The van der Waals surface area contributed by atoms with Crippen LogP contribution in [0.3, 0.4) is 0 Å². The number of aryl methyl sites for hydroxylation is 1. The number of nitriles is 1. The number of nitrogens with one attached hydrogen (secondary N) is 1. The fourth-order valence-corrected chi connectivity index (χ4v) is 4.25. The number of aromatic amines is 1. The number of carbonyl (C=O) groups excluding carboxylic acids is 1. The monoisotopic (exact) mass is 368 g/mol. The molecule has 0 amide bonds. The van der Waals surface area contributed by atoms with Gasteiger partial charge in [0, 0.05) is 11.1 Å². The Morgan fingerprint density at radius 3 is 3.04 bits per heavy atom. The number of hydrogen-bond donors (Lipinski definition) is 1. The third-order valence-corrected chi connectivity index (χ3v) is 5.67. The molecule has 0 bridgehead atoms. The molecule has 0 radical (unpaired) electrons. The molecule has 124 valence electrons. The first-order valence-corrected chi connectivity index (χ1v) is 9.32. The van der Waals surface area contributed by atoms with Gasteiger partial charge in [-0.3, -0.25) is 9.20 Å². The molecule has 0 aliphatic rings. The lowest BCUT2D eigenvalue weighted by Crippen LogP contribution is -2.13. The van der Waals surface area contributed by atoms with Crippen molar-refractivity contribution in [1.82, 2.24) is 24.6 Å². The van der Waals surface area contributed by atoms with Crippen LogP contribution in [0.5, 0.6) is 0 Å².